The summed E-state index contributed by atoms with van der Waals surface area (Å²) in [6.07, 6.45) is -0.578. The van der Waals surface area contributed by atoms with E-state index in [4.69, 9.17) is 14.2 Å². The Bertz CT molecular complexity index is 774. The van der Waals surface area contributed by atoms with E-state index in [0.29, 0.717) is 18.8 Å². The zero-order valence-electron chi connectivity index (χ0n) is 17.4. The first-order chi connectivity index (χ1) is 13.9. The molecule has 0 radical (unpaired) electrons. The first-order valence-electron chi connectivity index (χ1n) is 9.70. The van der Waals surface area contributed by atoms with Crippen molar-refractivity contribution in [2.24, 2.45) is 5.92 Å². The van der Waals surface area contributed by atoms with Crippen LogP contribution in [-0.4, -0.2) is 38.3 Å². The van der Waals surface area contributed by atoms with Gasteiger partial charge in [0, 0.05) is 0 Å². The molecule has 0 saturated carbocycles. The van der Waals surface area contributed by atoms with Crippen LogP contribution in [0.2, 0.25) is 0 Å². The van der Waals surface area contributed by atoms with Crippen LogP contribution >= 0.6 is 0 Å². The average Bonchev–Trinajstić information content (AvgIpc) is 2.73. The Morgan fingerprint density at radius 1 is 0.931 bits per heavy atom. The predicted molar refractivity (Wildman–Crippen MR) is 111 cm³/mol. The summed E-state index contributed by atoms with van der Waals surface area (Å²) in [6.45, 7) is 6.45. The average molecular weight is 399 g/mol. The summed E-state index contributed by atoms with van der Waals surface area (Å²) in [5.74, 6) is 0.217. The molecule has 0 aliphatic heterocycles. The first-order valence-corrected chi connectivity index (χ1v) is 9.70. The smallest absolute Gasteiger partial charge is 0.337 e. The van der Waals surface area contributed by atoms with Crippen LogP contribution in [0.25, 0.3) is 0 Å². The molecule has 0 saturated heterocycles. The largest absolute Gasteiger partial charge is 0.491 e. The van der Waals surface area contributed by atoms with Gasteiger partial charge in [-0.2, -0.15) is 0 Å². The number of carbonyl (C=O) groups excluding carboxylic acids is 2. The molecule has 0 spiro atoms. The van der Waals surface area contributed by atoms with Gasteiger partial charge in [0.2, 0.25) is 5.91 Å². The molecule has 0 aliphatic rings. The maximum absolute atomic E-state index is 12.7. The number of amides is 1. The fourth-order valence-electron chi connectivity index (χ4n) is 2.83. The van der Waals surface area contributed by atoms with Gasteiger partial charge in [-0.25, -0.2) is 4.79 Å². The minimum atomic E-state index is -0.578. The number of ether oxygens (including phenoxy) is 3. The number of para-hydroxylation sites is 1. The maximum Gasteiger partial charge on any atom is 0.337 e. The summed E-state index contributed by atoms with van der Waals surface area (Å²) in [5.41, 5.74) is 1.36. The van der Waals surface area contributed by atoms with Crippen LogP contribution in [0.5, 0.6) is 5.75 Å². The molecule has 156 valence electrons. The summed E-state index contributed by atoms with van der Waals surface area (Å²) in [6, 6.07) is 16.2. The number of nitrogens with one attached hydrogen (secondary N) is 1. The van der Waals surface area contributed by atoms with E-state index in [0.717, 1.165) is 11.3 Å². The number of hydrogen-bond acceptors (Lipinski definition) is 5. The zero-order chi connectivity index (χ0) is 21.2. The molecule has 2 aromatic rings. The molecule has 0 unspecified atom stereocenters. The minimum Gasteiger partial charge on any atom is -0.491 e. The topological polar surface area (TPSA) is 73.9 Å². The second kappa shape index (κ2) is 11.2. The second-order valence-corrected chi connectivity index (χ2v) is 7.04. The molecule has 2 atom stereocenters. The van der Waals surface area contributed by atoms with Gasteiger partial charge in [-0.05, 0) is 42.7 Å². The summed E-state index contributed by atoms with van der Waals surface area (Å²) in [4.78, 5) is 24.2. The molecule has 0 bridgehead atoms. The third-order valence-electron chi connectivity index (χ3n) is 4.45. The van der Waals surface area contributed by atoms with Gasteiger partial charge in [0.1, 0.15) is 18.5 Å². The van der Waals surface area contributed by atoms with E-state index in [9.17, 15) is 9.59 Å². The fourth-order valence-corrected chi connectivity index (χ4v) is 2.83. The normalized spacial score (nSPS) is 12.9. The van der Waals surface area contributed by atoms with E-state index in [1.807, 2.05) is 51.1 Å². The Kier molecular flexibility index (Phi) is 8.68. The Balaban J connectivity index is 1.86. The van der Waals surface area contributed by atoms with Crippen molar-refractivity contribution in [3.8, 4) is 5.75 Å². The van der Waals surface area contributed by atoms with Gasteiger partial charge in [0.15, 0.2) is 0 Å². The van der Waals surface area contributed by atoms with Gasteiger partial charge >= 0.3 is 5.97 Å². The van der Waals surface area contributed by atoms with Crippen LogP contribution < -0.4 is 10.1 Å². The van der Waals surface area contributed by atoms with Crippen molar-refractivity contribution in [2.75, 3.05) is 20.3 Å². The molecular formula is C23H29NO5. The van der Waals surface area contributed by atoms with Crippen molar-refractivity contribution in [2.45, 2.75) is 32.9 Å². The van der Waals surface area contributed by atoms with Crippen molar-refractivity contribution >= 4 is 11.9 Å². The third kappa shape index (κ3) is 6.91. The van der Waals surface area contributed by atoms with Crippen LogP contribution in [0.4, 0.5) is 0 Å². The predicted octanol–water partition coefficient (Wildman–Crippen LogP) is 3.77. The fraction of sp³-hybridized carbons (Fsp3) is 0.391. The highest BCUT2D eigenvalue weighted by molar-refractivity contribution is 5.89. The molecule has 2 rings (SSSR count). The van der Waals surface area contributed by atoms with Crippen molar-refractivity contribution in [3.63, 3.8) is 0 Å². The number of hydrogen-bond donors (Lipinski definition) is 1. The van der Waals surface area contributed by atoms with Gasteiger partial charge in [0.05, 0.1) is 25.3 Å². The van der Waals surface area contributed by atoms with Crippen molar-refractivity contribution in [3.05, 3.63) is 65.7 Å². The van der Waals surface area contributed by atoms with E-state index in [-0.39, 0.29) is 23.8 Å². The number of methoxy groups -OCH3 is 1. The van der Waals surface area contributed by atoms with Crippen LogP contribution in [0, 0.1) is 5.92 Å². The van der Waals surface area contributed by atoms with E-state index in [1.165, 1.54) is 7.11 Å². The van der Waals surface area contributed by atoms with Gasteiger partial charge in [-0.1, -0.05) is 44.2 Å². The van der Waals surface area contributed by atoms with Crippen molar-refractivity contribution in [1.29, 1.82) is 0 Å². The highest BCUT2D eigenvalue weighted by atomic mass is 16.5. The summed E-state index contributed by atoms with van der Waals surface area (Å²) in [5, 5.41) is 2.98. The van der Waals surface area contributed by atoms with E-state index < -0.39 is 6.10 Å². The van der Waals surface area contributed by atoms with Gasteiger partial charge < -0.3 is 19.5 Å². The molecular weight excluding hydrogens is 370 g/mol. The Morgan fingerprint density at radius 2 is 1.59 bits per heavy atom. The molecule has 0 aliphatic carbocycles. The summed E-state index contributed by atoms with van der Waals surface area (Å²) < 4.78 is 16.1. The Morgan fingerprint density at radius 3 is 2.17 bits per heavy atom. The van der Waals surface area contributed by atoms with Crippen molar-refractivity contribution in [1.82, 2.24) is 5.32 Å². The zero-order valence-corrected chi connectivity index (χ0v) is 17.4. The van der Waals surface area contributed by atoms with Gasteiger partial charge in [-0.15, -0.1) is 0 Å². The van der Waals surface area contributed by atoms with Crippen LogP contribution in [0.1, 0.15) is 42.7 Å². The highest BCUT2D eigenvalue weighted by Crippen LogP contribution is 2.16. The molecule has 6 heteroatoms. The van der Waals surface area contributed by atoms with Crippen LogP contribution in [0.15, 0.2) is 54.6 Å². The highest BCUT2D eigenvalue weighted by Gasteiger charge is 2.24. The maximum atomic E-state index is 12.7. The lowest BCUT2D eigenvalue weighted by Gasteiger charge is -2.23. The lowest BCUT2D eigenvalue weighted by Crippen LogP contribution is -2.41. The Labute approximate surface area is 172 Å². The van der Waals surface area contributed by atoms with Gasteiger partial charge in [0.25, 0.3) is 0 Å². The number of esters is 1. The lowest BCUT2D eigenvalue weighted by molar-refractivity contribution is -0.136. The number of rotatable bonds is 10. The molecule has 29 heavy (non-hydrogen) atoms. The quantitative estimate of drug-likeness (QED) is 0.486. The monoisotopic (exact) mass is 399 g/mol. The lowest BCUT2D eigenvalue weighted by atomic mass is 10.0. The first kappa shape index (κ1) is 22.4. The van der Waals surface area contributed by atoms with Gasteiger partial charge in [-0.3, -0.25) is 4.79 Å². The number of carbonyl (C=O) groups is 2. The molecule has 6 nitrogen and oxygen atoms in total. The van der Waals surface area contributed by atoms with Crippen LogP contribution in [0.3, 0.4) is 0 Å². The van der Waals surface area contributed by atoms with Crippen molar-refractivity contribution < 1.29 is 23.8 Å². The molecule has 2 aromatic carbocycles. The number of benzene rings is 2. The SMILES string of the molecule is COC(=O)c1ccc([C@H](C)NC(=O)[C@H](OCCOc2ccccc2)C(C)C)cc1. The standard InChI is InChI=1S/C23H29NO5/c1-16(2)21(29-15-14-28-20-8-6-5-7-9-20)22(25)24-17(3)18-10-12-19(13-11-18)23(26)27-4/h5-13,16-17,21H,14-15H2,1-4H3,(H,24,25)/t17-,21+/m0/s1. The van der Waals surface area contributed by atoms with Crippen LogP contribution in [-0.2, 0) is 14.3 Å². The molecule has 0 aromatic heterocycles. The molecule has 1 amide bonds. The molecule has 0 fully saturated rings. The third-order valence-corrected chi connectivity index (χ3v) is 4.45. The molecule has 0 heterocycles. The van der Waals surface area contributed by atoms with E-state index >= 15 is 0 Å². The Hall–Kier alpha value is -2.86. The second-order valence-electron chi connectivity index (χ2n) is 7.04. The molecule has 1 N–H and O–H groups in total. The summed E-state index contributed by atoms with van der Waals surface area (Å²) >= 11 is 0. The van der Waals surface area contributed by atoms with E-state index in [1.54, 1.807) is 24.3 Å². The van der Waals surface area contributed by atoms with E-state index in [2.05, 4.69) is 5.32 Å². The minimum absolute atomic E-state index is 0.0145. The summed E-state index contributed by atoms with van der Waals surface area (Å²) in [7, 11) is 1.34.